The molecule has 1 aromatic carbocycles. The SMILES string of the molecule is CCCCCC(C)NS(=O)(=O)c1cc(N)ccc1OC. The van der Waals surface area contributed by atoms with E-state index in [0.717, 1.165) is 25.7 Å². The van der Waals surface area contributed by atoms with E-state index in [1.807, 2.05) is 6.92 Å². The van der Waals surface area contributed by atoms with Crippen LogP contribution in [0.25, 0.3) is 0 Å². The summed E-state index contributed by atoms with van der Waals surface area (Å²) in [6, 6.07) is 4.48. The second kappa shape index (κ2) is 7.50. The molecule has 0 aliphatic rings. The van der Waals surface area contributed by atoms with E-state index in [-0.39, 0.29) is 10.9 Å². The third kappa shape index (κ3) is 4.68. The number of sulfonamides is 1. The third-order valence-electron chi connectivity index (χ3n) is 3.07. The largest absolute Gasteiger partial charge is 0.495 e. The van der Waals surface area contributed by atoms with E-state index in [9.17, 15) is 8.42 Å². The average molecular weight is 300 g/mol. The number of hydrogen-bond acceptors (Lipinski definition) is 4. The van der Waals surface area contributed by atoms with Gasteiger partial charge in [-0.25, -0.2) is 13.1 Å². The number of hydrogen-bond donors (Lipinski definition) is 2. The Morgan fingerprint density at radius 2 is 2.05 bits per heavy atom. The van der Waals surface area contributed by atoms with Crippen LogP contribution in [-0.4, -0.2) is 21.6 Å². The number of nitrogen functional groups attached to an aromatic ring is 1. The van der Waals surface area contributed by atoms with Gasteiger partial charge in [0.15, 0.2) is 0 Å². The molecule has 5 nitrogen and oxygen atoms in total. The highest BCUT2D eigenvalue weighted by Gasteiger charge is 2.21. The summed E-state index contributed by atoms with van der Waals surface area (Å²) in [4.78, 5) is 0.0855. The monoisotopic (exact) mass is 300 g/mol. The summed E-state index contributed by atoms with van der Waals surface area (Å²) >= 11 is 0. The van der Waals surface area contributed by atoms with Crippen molar-refractivity contribution >= 4 is 15.7 Å². The van der Waals surface area contributed by atoms with Crippen molar-refractivity contribution in [1.29, 1.82) is 0 Å². The van der Waals surface area contributed by atoms with Gasteiger partial charge in [0, 0.05) is 11.7 Å². The maximum Gasteiger partial charge on any atom is 0.244 e. The van der Waals surface area contributed by atoms with Crippen LogP contribution in [0.1, 0.15) is 39.5 Å². The predicted molar refractivity (Wildman–Crippen MR) is 81.3 cm³/mol. The third-order valence-corrected chi connectivity index (χ3v) is 4.68. The Labute approximate surface area is 121 Å². The molecule has 0 spiro atoms. The first kappa shape index (κ1) is 16.8. The molecule has 1 aromatic rings. The van der Waals surface area contributed by atoms with Gasteiger partial charge in [0.25, 0.3) is 0 Å². The van der Waals surface area contributed by atoms with E-state index in [0.29, 0.717) is 11.4 Å². The normalized spacial score (nSPS) is 13.2. The van der Waals surface area contributed by atoms with Crippen LogP contribution in [0.2, 0.25) is 0 Å². The molecular weight excluding hydrogens is 276 g/mol. The topological polar surface area (TPSA) is 81.4 Å². The molecular formula is C14H24N2O3S. The first-order chi connectivity index (χ1) is 9.40. The Morgan fingerprint density at radius 1 is 1.35 bits per heavy atom. The number of rotatable bonds is 8. The smallest absolute Gasteiger partial charge is 0.244 e. The highest BCUT2D eigenvalue weighted by molar-refractivity contribution is 7.89. The minimum atomic E-state index is -3.62. The number of nitrogens with two attached hydrogens (primary N) is 1. The molecule has 0 aliphatic carbocycles. The van der Waals surface area contributed by atoms with Gasteiger partial charge >= 0.3 is 0 Å². The van der Waals surface area contributed by atoms with Gasteiger partial charge in [0.2, 0.25) is 10.0 Å². The van der Waals surface area contributed by atoms with Crippen molar-refractivity contribution in [1.82, 2.24) is 4.72 Å². The van der Waals surface area contributed by atoms with E-state index < -0.39 is 10.0 Å². The zero-order chi connectivity index (χ0) is 15.2. The van der Waals surface area contributed by atoms with Crippen LogP contribution in [0, 0.1) is 0 Å². The summed E-state index contributed by atoms with van der Waals surface area (Å²) in [6.45, 7) is 3.98. The van der Waals surface area contributed by atoms with Crippen molar-refractivity contribution in [2.75, 3.05) is 12.8 Å². The van der Waals surface area contributed by atoms with E-state index in [1.165, 1.54) is 13.2 Å². The Bertz CT molecular complexity index is 529. The summed E-state index contributed by atoms with van der Waals surface area (Å²) in [5, 5.41) is 0. The van der Waals surface area contributed by atoms with Crippen LogP contribution in [0.4, 0.5) is 5.69 Å². The van der Waals surface area contributed by atoms with Crippen LogP contribution < -0.4 is 15.2 Å². The Kier molecular flexibility index (Phi) is 6.29. The molecule has 20 heavy (non-hydrogen) atoms. The quantitative estimate of drug-likeness (QED) is 0.571. The van der Waals surface area contributed by atoms with Crippen LogP contribution in [0.15, 0.2) is 23.1 Å². The molecule has 0 aromatic heterocycles. The van der Waals surface area contributed by atoms with Crippen LogP contribution >= 0.6 is 0 Å². The Hall–Kier alpha value is -1.27. The molecule has 1 atom stereocenters. The number of methoxy groups -OCH3 is 1. The zero-order valence-electron chi connectivity index (χ0n) is 12.3. The van der Waals surface area contributed by atoms with Crippen LogP contribution in [0.3, 0.4) is 0 Å². The second-order valence-electron chi connectivity index (χ2n) is 4.93. The standard InChI is InChI=1S/C14H24N2O3S/c1-4-5-6-7-11(2)16-20(17,18)14-10-12(15)8-9-13(14)19-3/h8-11,16H,4-7,15H2,1-3H3. The number of nitrogens with one attached hydrogen (secondary N) is 1. The van der Waals surface area contributed by atoms with Crippen LogP contribution in [0.5, 0.6) is 5.75 Å². The van der Waals surface area contributed by atoms with E-state index in [2.05, 4.69) is 11.6 Å². The molecule has 114 valence electrons. The Balaban J connectivity index is 2.85. The van der Waals surface area contributed by atoms with Gasteiger partial charge in [-0.2, -0.15) is 0 Å². The van der Waals surface area contributed by atoms with Crippen molar-refractivity contribution in [3.63, 3.8) is 0 Å². The van der Waals surface area contributed by atoms with Crippen molar-refractivity contribution < 1.29 is 13.2 Å². The molecule has 0 fully saturated rings. The van der Waals surface area contributed by atoms with Crippen LogP contribution in [-0.2, 0) is 10.0 Å². The molecule has 0 heterocycles. The van der Waals surface area contributed by atoms with Crippen molar-refractivity contribution in [2.24, 2.45) is 0 Å². The van der Waals surface area contributed by atoms with Gasteiger partial charge in [-0.15, -0.1) is 0 Å². The lowest BCUT2D eigenvalue weighted by Crippen LogP contribution is -2.32. The van der Waals surface area contributed by atoms with Gasteiger partial charge in [0.1, 0.15) is 10.6 Å². The average Bonchev–Trinajstić information content (AvgIpc) is 2.38. The fourth-order valence-electron chi connectivity index (χ4n) is 1.99. The molecule has 0 radical (unpaired) electrons. The maximum atomic E-state index is 12.4. The highest BCUT2D eigenvalue weighted by atomic mass is 32.2. The van der Waals surface area contributed by atoms with Crippen molar-refractivity contribution in [2.45, 2.75) is 50.5 Å². The Morgan fingerprint density at radius 3 is 2.65 bits per heavy atom. The van der Waals surface area contributed by atoms with Crippen molar-refractivity contribution in [3.8, 4) is 5.75 Å². The molecule has 6 heteroatoms. The summed E-state index contributed by atoms with van der Waals surface area (Å²) < 4.78 is 32.5. The summed E-state index contributed by atoms with van der Waals surface area (Å²) in [5.74, 6) is 0.299. The summed E-state index contributed by atoms with van der Waals surface area (Å²) in [6.07, 6.45) is 4.04. The molecule has 0 aliphatic heterocycles. The van der Waals surface area contributed by atoms with Gasteiger partial charge < -0.3 is 10.5 Å². The molecule has 1 unspecified atom stereocenters. The van der Waals surface area contributed by atoms with E-state index >= 15 is 0 Å². The predicted octanol–water partition coefficient (Wildman–Crippen LogP) is 2.52. The molecule has 0 saturated heterocycles. The van der Waals surface area contributed by atoms with Gasteiger partial charge in [0.05, 0.1) is 7.11 Å². The minimum Gasteiger partial charge on any atom is -0.495 e. The fourth-order valence-corrected chi connectivity index (χ4v) is 3.47. The minimum absolute atomic E-state index is 0.0855. The number of ether oxygens (including phenoxy) is 1. The van der Waals surface area contributed by atoms with Crippen molar-refractivity contribution in [3.05, 3.63) is 18.2 Å². The molecule has 3 N–H and O–H groups in total. The lowest BCUT2D eigenvalue weighted by atomic mass is 10.1. The molecule has 1 rings (SSSR count). The lowest BCUT2D eigenvalue weighted by molar-refractivity contribution is 0.402. The molecule has 0 saturated carbocycles. The maximum absolute atomic E-state index is 12.4. The first-order valence-corrected chi connectivity index (χ1v) is 8.35. The van der Waals surface area contributed by atoms with Gasteiger partial charge in [-0.05, 0) is 31.5 Å². The molecule has 0 bridgehead atoms. The zero-order valence-corrected chi connectivity index (χ0v) is 13.2. The summed E-state index contributed by atoms with van der Waals surface area (Å²) in [7, 11) is -2.18. The lowest BCUT2D eigenvalue weighted by Gasteiger charge is -2.16. The first-order valence-electron chi connectivity index (χ1n) is 6.86. The fraction of sp³-hybridized carbons (Fsp3) is 0.571. The number of anilines is 1. The molecule has 0 amide bonds. The highest BCUT2D eigenvalue weighted by Crippen LogP contribution is 2.26. The van der Waals surface area contributed by atoms with Gasteiger partial charge in [-0.1, -0.05) is 26.2 Å². The summed E-state index contributed by atoms with van der Waals surface area (Å²) in [5.41, 5.74) is 6.05. The van der Waals surface area contributed by atoms with E-state index in [4.69, 9.17) is 10.5 Å². The van der Waals surface area contributed by atoms with E-state index in [1.54, 1.807) is 12.1 Å². The number of benzene rings is 1. The second-order valence-corrected chi connectivity index (χ2v) is 6.61. The van der Waals surface area contributed by atoms with Gasteiger partial charge in [-0.3, -0.25) is 0 Å². The number of unbranched alkanes of at least 4 members (excludes halogenated alkanes) is 2.